The summed E-state index contributed by atoms with van der Waals surface area (Å²) in [6, 6.07) is 16.2. The van der Waals surface area contributed by atoms with Crippen molar-refractivity contribution in [3.05, 3.63) is 74.6 Å². The van der Waals surface area contributed by atoms with Crippen molar-refractivity contribution in [2.75, 3.05) is 6.61 Å². The Kier molecular flexibility index (Phi) is 4.85. The molecule has 0 fully saturated rings. The van der Waals surface area contributed by atoms with Gasteiger partial charge in [0.05, 0.1) is 25.6 Å². The molecule has 25 heavy (non-hydrogen) atoms. The van der Waals surface area contributed by atoms with Crippen molar-refractivity contribution in [3.8, 4) is 5.75 Å². The average Bonchev–Trinajstić information content (AvgIpc) is 3.34. The zero-order valence-corrected chi connectivity index (χ0v) is 15.4. The molecule has 0 aliphatic carbocycles. The fourth-order valence-corrected chi connectivity index (χ4v) is 4.65. The number of hydrogen-bond donors (Lipinski definition) is 0. The van der Waals surface area contributed by atoms with Crippen LogP contribution in [0.1, 0.15) is 27.7 Å². The maximum atomic E-state index is 13.4. The molecular weight excluding hydrogens is 350 g/mol. The summed E-state index contributed by atoms with van der Waals surface area (Å²) < 4.78 is 5.73. The SMILES string of the molecule is O=C(C1CCOc2ccccc21)N(Cc1cccs1)Cc1cccs1. The van der Waals surface area contributed by atoms with Gasteiger partial charge in [-0.25, -0.2) is 0 Å². The summed E-state index contributed by atoms with van der Waals surface area (Å²) >= 11 is 3.40. The van der Waals surface area contributed by atoms with Gasteiger partial charge >= 0.3 is 0 Å². The number of benzene rings is 1. The molecule has 1 aliphatic rings. The molecule has 0 saturated heterocycles. The minimum Gasteiger partial charge on any atom is -0.493 e. The Morgan fingerprint density at radius 3 is 2.32 bits per heavy atom. The summed E-state index contributed by atoms with van der Waals surface area (Å²) in [6.07, 6.45) is 0.737. The summed E-state index contributed by atoms with van der Waals surface area (Å²) in [5.74, 6) is 0.918. The number of para-hydroxylation sites is 1. The second-order valence-electron chi connectivity index (χ2n) is 6.08. The third-order valence-electron chi connectivity index (χ3n) is 4.42. The smallest absolute Gasteiger partial charge is 0.231 e. The highest BCUT2D eigenvalue weighted by molar-refractivity contribution is 7.10. The number of nitrogens with zero attached hydrogens (tertiary/aromatic N) is 1. The first-order chi connectivity index (χ1) is 12.3. The van der Waals surface area contributed by atoms with Crippen LogP contribution in [0.15, 0.2) is 59.3 Å². The Balaban J connectivity index is 1.61. The molecule has 0 bridgehead atoms. The number of ether oxygens (including phenoxy) is 1. The average molecular weight is 370 g/mol. The quantitative estimate of drug-likeness (QED) is 0.640. The van der Waals surface area contributed by atoms with Crippen molar-refractivity contribution in [3.63, 3.8) is 0 Å². The summed E-state index contributed by atoms with van der Waals surface area (Å²) in [5, 5.41) is 4.12. The first kappa shape index (κ1) is 16.4. The first-order valence-corrected chi connectivity index (χ1v) is 10.1. The zero-order valence-electron chi connectivity index (χ0n) is 13.8. The van der Waals surface area contributed by atoms with Crippen LogP contribution in [0.4, 0.5) is 0 Å². The van der Waals surface area contributed by atoms with E-state index in [1.165, 1.54) is 9.75 Å². The van der Waals surface area contributed by atoms with E-state index >= 15 is 0 Å². The molecule has 128 valence electrons. The van der Waals surface area contributed by atoms with Gasteiger partial charge in [0.2, 0.25) is 5.91 Å². The number of carbonyl (C=O) groups excluding carboxylic acids is 1. The molecule has 3 heterocycles. The molecular formula is C20H19NO2S2. The molecule has 4 rings (SSSR count). The van der Waals surface area contributed by atoms with Crippen LogP contribution in [0, 0.1) is 0 Å². The Morgan fingerprint density at radius 1 is 1.00 bits per heavy atom. The molecule has 1 aromatic carbocycles. The fraction of sp³-hybridized carbons (Fsp3) is 0.250. The van der Waals surface area contributed by atoms with Crippen LogP contribution in [-0.4, -0.2) is 17.4 Å². The summed E-state index contributed by atoms with van der Waals surface area (Å²) in [4.78, 5) is 17.8. The van der Waals surface area contributed by atoms with Crippen LogP contribution in [0.5, 0.6) is 5.75 Å². The highest BCUT2D eigenvalue weighted by atomic mass is 32.1. The Labute approximate surface area is 155 Å². The highest BCUT2D eigenvalue weighted by Gasteiger charge is 2.31. The molecule has 2 aromatic heterocycles. The van der Waals surface area contributed by atoms with Gasteiger partial charge in [-0.05, 0) is 35.4 Å². The van der Waals surface area contributed by atoms with Gasteiger partial charge in [-0.15, -0.1) is 22.7 Å². The lowest BCUT2D eigenvalue weighted by Gasteiger charge is -2.30. The van der Waals surface area contributed by atoms with E-state index in [9.17, 15) is 4.79 Å². The standard InChI is InChI=1S/C20H19NO2S2/c22-20(18-9-10-23-19-8-2-1-7-17(18)19)21(13-15-5-3-11-24-15)14-16-6-4-12-25-16/h1-8,11-12,18H,9-10,13-14H2. The lowest BCUT2D eigenvalue weighted by molar-refractivity contribution is -0.134. The van der Waals surface area contributed by atoms with Gasteiger partial charge in [0.25, 0.3) is 0 Å². The maximum absolute atomic E-state index is 13.4. The monoisotopic (exact) mass is 369 g/mol. The third-order valence-corrected chi connectivity index (χ3v) is 6.14. The van der Waals surface area contributed by atoms with E-state index in [0.717, 1.165) is 17.7 Å². The number of rotatable bonds is 5. The van der Waals surface area contributed by atoms with Crippen LogP contribution in [0.25, 0.3) is 0 Å². The van der Waals surface area contributed by atoms with Gasteiger partial charge in [-0.2, -0.15) is 0 Å². The number of carbonyl (C=O) groups is 1. The van der Waals surface area contributed by atoms with Crippen molar-refractivity contribution < 1.29 is 9.53 Å². The Hall–Kier alpha value is -2.11. The van der Waals surface area contributed by atoms with Gasteiger partial charge in [-0.1, -0.05) is 30.3 Å². The van der Waals surface area contributed by atoms with Crippen LogP contribution in [0.3, 0.4) is 0 Å². The maximum Gasteiger partial charge on any atom is 0.231 e. The molecule has 5 heteroatoms. The van der Waals surface area contributed by atoms with Crippen molar-refractivity contribution in [1.82, 2.24) is 4.90 Å². The molecule has 0 spiro atoms. The van der Waals surface area contributed by atoms with Gasteiger partial charge in [-0.3, -0.25) is 4.79 Å². The van der Waals surface area contributed by atoms with Crippen LogP contribution >= 0.6 is 22.7 Å². The molecule has 0 N–H and O–H groups in total. The Morgan fingerprint density at radius 2 is 1.68 bits per heavy atom. The lowest BCUT2D eigenvalue weighted by Crippen LogP contribution is -2.36. The second kappa shape index (κ2) is 7.42. The van der Waals surface area contributed by atoms with E-state index in [4.69, 9.17) is 4.74 Å². The molecule has 0 radical (unpaired) electrons. The van der Waals surface area contributed by atoms with Gasteiger partial charge < -0.3 is 9.64 Å². The number of amides is 1. The van der Waals surface area contributed by atoms with Crippen molar-refractivity contribution in [2.24, 2.45) is 0 Å². The summed E-state index contributed by atoms with van der Waals surface area (Å²) in [7, 11) is 0. The van der Waals surface area contributed by atoms with Crippen molar-refractivity contribution >= 4 is 28.6 Å². The summed E-state index contributed by atoms with van der Waals surface area (Å²) in [6.45, 7) is 1.92. The van der Waals surface area contributed by atoms with Crippen molar-refractivity contribution in [1.29, 1.82) is 0 Å². The van der Waals surface area contributed by atoms with Crippen LogP contribution < -0.4 is 4.74 Å². The van der Waals surface area contributed by atoms with E-state index < -0.39 is 0 Å². The Bertz CT molecular complexity index is 791. The van der Waals surface area contributed by atoms with E-state index in [1.54, 1.807) is 22.7 Å². The van der Waals surface area contributed by atoms with Gasteiger partial charge in [0.15, 0.2) is 0 Å². The molecule has 1 amide bonds. The highest BCUT2D eigenvalue weighted by Crippen LogP contribution is 2.35. The number of hydrogen-bond acceptors (Lipinski definition) is 4. The van der Waals surface area contributed by atoms with Crippen LogP contribution in [0.2, 0.25) is 0 Å². The number of fused-ring (bicyclic) bond motifs is 1. The minimum absolute atomic E-state index is 0.120. The molecule has 1 unspecified atom stereocenters. The molecule has 0 saturated carbocycles. The first-order valence-electron chi connectivity index (χ1n) is 8.36. The summed E-state index contributed by atoms with van der Waals surface area (Å²) in [5.41, 5.74) is 1.01. The number of thiophene rings is 2. The van der Waals surface area contributed by atoms with Gasteiger partial charge in [0, 0.05) is 15.3 Å². The van der Waals surface area contributed by atoms with Crippen molar-refractivity contribution in [2.45, 2.75) is 25.4 Å². The molecule has 3 aromatic rings. The lowest BCUT2D eigenvalue weighted by atomic mass is 9.91. The molecule has 1 aliphatic heterocycles. The molecule has 3 nitrogen and oxygen atoms in total. The van der Waals surface area contributed by atoms with Gasteiger partial charge in [0.1, 0.15) is 5.75 Å². The largest absolute Gasteiger partial charge is 0.493 e. The predicted molar refractivity (Wildman–Crippen MR) is 102 cm³/mol. The van der Waals surface area contributed by atoms with E-state index in [1.807, 2.05) is 41.3 Å². The topological polar surface area (TPSA) is 29.5 Å². The molecule has 1 atom stereocenters. The van der Waals surface area contributed by atoms with E-state index in [0.29, 0.717) is 19.7 Å². The fourth-order valence-electron chi connectivity index (χ4n) is 3.21. The van der Waals surface area contributed by atoms with E-state index in [2.05, 4.69) is 22.9 Å². The second-order valence-corrected chi connectivity index (χ2v) is 8.15. The zero-order chi connectivity index (χ0) is 17.1. The third kappa shape index (κ3) is 3.62. The van der Waals surface area contributed by atoms with E-state index in [-0.39, 0.29) is 11.8 Å². The predicted octanol–water partition coefficient (Wildman–Crippen LogP) is 4.90. The minimum atomic E-state index is -0.120. The normalized spacial score (nSPS) is 16.1. The van der Waals surface area contributed by atoms with Crippen LogP contribution in [-0.2, 0) is 17.9 Å².